The number of fused-ring (bicyclic) bond motifs is 1. The van der Waals surface area contributed by atoms with Gasteiger partial charge in [0.05, 0.1) is 35.3 Å². The van der Waals surface area contributed by atoms with Gasteiger partial charge in [0.15, 0.2) is 0 Å². The Hall–Kier alpha value is -3.10. The maximum atomic E-state index is 16.7. The molecule has 0 radical (unpaired) electrons. The number of likely N-dealkylation sites (tertiary alicyclic amines) is 1. The Morgan fingerprint density at radius 3 is 2.53 bits per heavy atom. The Bertz CT molecular complexity index is 1590. The van der Waals surface area contributed by atoms with E-state index in [1.165, 1.54) is 6.20 Å². The lowest BCUT2D eigenvalue weighted by atomic mass is 9.84. The van der Waals surface area contributed by atoms with Gasteiger partial charge in [-0.3, -0.25) is 14.7 Å². The molecule has 2 aromatic carbocycles. The SMILES string of the molecule is N#CC1(CO[C@@]2(C(O)CC3CCCCN3CCO)c3ccc(-c4ccc(Cl)cc4)c(Cc4ccc(Cl)cn4)c3C(=O)N2F)CC1. The Balaban J connectivity index is 1.49. The van der Waals surface area contributed by atoms with E-state index in [0.717, 1.165) is 31.4 Å². The molecule has 0 spiro atoms. The van der Waals surface area contributed by atoms with E-state index in [4.69, 9.17) is 27.9 Å². The summed E-state index contributed by atoms with van der Waals surface area (Å²) in [5.74, 6) is -0.929. The largest absolute Gasteiger partial charge is 0.395 e. The third kappa shape index (κ3) is 6.08. The molecule has 1 amide bonds. The van der Waals surface area contributed by atoms with Crippen molar-refractivity contribution in [3.05, 3.63) is 87.2 Å². The van der Waals surface area contributed by atoms with Gasteiger partial charge in [-0.25, -0.2) is 0 Å². The Morgan fingerprint density at radius 2 is 1.87 bits per heavy atom. The molecule has 0 bridgehead atoms. The van der Waals surface area contributed by atoms with Crippen LogP contribution in [0.15, 0.2) is 54.7 Å². The number of β-amino-alcohol motifs (C(OH)–C–C–N with tert-alkyl or cyclic N) is 1. The number of piperidine rings is 1. The van der Waals surface area contributed by atoms with Crippen molar-refractivity contribution >= 4 is 29.1 Å². The molecule has 45 heavy (non-hydrogen) atoms. The van der Waals surface area contributed by atoms with Crippen LogP contribution in [0.4, 0.5) is 4.48 Å². The Morgan fingerprint density at radius 1 is 1.11 bits per heavy atom. The van der Waals surface area contributed by atoms with Crippen LogP contribution >= 0.6 is 23.2 Å². The topological polar surface area (TPSA) is 110 Å². The van der Waals surface area contributed by atoms with Gasteiger partial charge in [0.1, 0.15) is 6.10 Å². The number of carbonyl (C=O) groups excluding carboxylic acids is 1. The molecule has 1 aromatic heterocycles. The molecule has 6 rings (SSSR count). The van der Waals surface area contributed by atoms with E-state index in [1.807, 2.05) is 12.1 Å². The van der Waals surface area contributed by atoms with Gasteiger partial charge in [0.2, 0.25) is 5.72 Å². The molecule has 11 heteroatoms. The van der Waals surface area contributed by atoms with Gasteiger partial charge in [0, 0.05) is 41.5 Å². The van der Waals surface area contributed by atoms with Crippen molar-refractivity contribution in [3.63, 3.8) is 0 Å². The molecule has 8 nitrogen and oxygen atoms in total. The molecule has 1 saturated heterocycles. The van der Waals surface area contributed by atoms with Gasteiger partial charge in [0.25, 0.3) is 5.91 Å². The maximum absolute atomic E-state index is 16.7. The second kappa shape index (κ2) is 13.0. The molecule has 1 aliphatic carbocycles. The molecular weight excluding hydrogens is 618 g/mol. The van der Waals surface area contributed by atoms with Crippen LogP contribution in [0.1, 0.15) is 65.7 Å². The number of nitriles is 1. The van der Waals surface area contributed by atoms with Crippen LogP contribution < -0.4 is 0 Å². The third-order valence-corrected chi connectivity index (χ3v) is 9.90. The smallest absolute Gasteiger partial charge is 0.285 e. The monoisotopic (exact) mass is 652 g/mol. The van der Waals surface area contributed by atoms with E-state index in [0.29, 0.717) is 46.3 Å². The molecule has 236 valence electrons. The normalized spacial score (nSPS) is 23.1. The maximum Gasteiger partial charge on any atom is 0.285 e. The highest BCUT2D eigenvalue weighted by Gasteiger charge is 2.60. The molecule has 2 N–H and O–H groups in total. The molecule has 2 fully saturated rings. The number of amides is 1. The lowest BCUT2D eigenvalue weighted by molar-refractivity contribution is -0.261. The zero-order chi connectivity index (χ0) is 31.8. The second-order valence-electron chi connectivity index (χ2n) is 12.3. The van der Waals surface area contributed by atoms with Gasteiger partial charge in [-0.15, -0.1) is 5.12 Å². The summed E-state index contributed by atoms with van der Waals surface area (Å²) in [4.78, 5) is 20.6. The Labute approximate surface area is 271 Å². The van der Waals surface area contributed by atoms with Crippen molar-refractivity contribution in [2.45, 2.75) is 62.8 Å². The summed E-state index contributed by atoms with van der Waals surface area (Å²) >= 11 is 12.3. The van der Waals surface area contributed by atoms with E-state index >= 15 is 4.48 Å². The molecule has 2 aliphatic heterocycles. The van der Waals surface area contributed by atoms with E-state index < -0.39 is 23.2 Å². The van der Waals surface area contributed by atoms with Crippen molar-refractivity contribution in [1.29, 1.82) is 5.26 Å². The van der Waals surface area contributed by atoms with Gasteiger partial charge in [-0.05, 0) is 79.6 Å². The molecule has 2 unspecified atom stereocenters. The lowest BCUT2D eigenvalue weighted by Crippen LogP contribution is -2.54. The quantitative estimate of drug-likeness (QED) is 0.242. The number of aliphatic hydroxyl groups is 2. The van der Waals surface area contributed by atoms with Crippen molar-refractivity contribution in [3.8, 4) is 17.2 Å². The van der Waals surface area contributed by atoms with Crippen LogP contribution in [-0.4, -0.2) is 69.6 Å². The van der Waals surface area contributed by atoms with Crippen LogP contribution in [0.25, 0.3) is 11.1 Å². The molecule has 3 atom stereocenters. The number of hydrogen-bond donors (Lipinski definition) is 2. The first-order chi connectivity index (χ1) is 21.7. The number of carbonyl (C=O) groups is 1. The summed E-state index contributed by atoms with van der Waals surface area (Å²) in [6, 6.07) is 16.2. The van der Waals surface area contributed by atoms with Crippen LogP contribution in [0.5, 0.6) is 0 Å². The molecule has 3 aliphatic rings. The third-order valence-electron chi connectivity index (χ3n) is 9.43. The number of ether oxygens (including phenoxy) is 1. The van der Waals surface area contributed by atoms with Crippen LogP contribution in [-0.2, 0) is 16.9 Å². The van der Waals surface area contributed by atoms with Gasteiger partial charge in [-0.1, -0.05) is 58.4 Å². The minimum Gasteiger partial charge on any atom is -0.395 e. The summed E-state index contributed by atoms with van der Waals surface area (Å²) in [7, 11) is 0. The highest BCUT2D eigenvalue weighted by atomic mass is 35.5. The Kier molecular flexibility index (Phi) is 9.17. The van der Waals surface area contributed by atoms with E-state index in [2.05, 4.69) is 16.0 Å². The van der Waals surface area contributed by atoms with Crippen molar-refractivity contribution in [1.82, 2.24) is 15.0 Å². The predicted molar refractivity (Wildman–Crippen MR) is 168 cm³/mol. The lowest BCUT2D eigenvalue weighted by Gasteiger charge is -2.42. The standard InChI is InChI=1S/C34H35Cl2FN4O4/c35-23-6-4-22(5-7-23)27-10-11-29-31(28(27)17-25-9-8-24(36)19-39-25)32(44)41(37)34(29,45-21-33(20-38)12-13-33)30(43)18-26-3-1-2-14-40(26)15-16-42/h4-11,19,26,30,42-43H,1-3,12-18,21H2/t26?,30?,34-/m1/s1. The molecule has 3 aromatic rings. The van der Waals surface area contributed by atoms with E-state index in [-0.39, 0.29) is 48.3 Å². The first kappa shape index (κ1) is 31.9. The number of halogens is 3. The summed E-state index contributed by atoms with van der Waals surface area (Å²) in [6.07, 6.45) is 4.19. The highest BCUT2D eigenvalue weighted by Crippen LogP contribution is 2.52. The summed E-state index contributed by atoms with van der Waals surface area (Å²) < 4.78 is 23.1. The minimum absolute atomic E-state index is 0.0272. The predicted octanol–water partition coefficient (Wildman–Crippen LogP) is 6.06. The van der Waals surface area contributed by atoms with Crippen LogP contribution in [0.2, 0.25) is 10.0 Å². The van der Waals surface area contributed by atoms with Crippen LogP contribution in [0, 0.1) is 16.7 Å². The van der Waals surface area contributed by atoms with Crippen molar-refractivity contribution in [2.75, 3.05) is 26.3 Å². The fourth-order valence-electron chi connectivity index (χ4n) is 6.72. The van der Waals surface area contributed by atoms with Gasteiger partial charge in [-0.2, -0.15) is 5.26 Å². The van der Waals surface area contributed by atoms with Gasteiger partial charge >= 0.3 is 0 Å². The number of aliphatic hydroxyl groups excluding tert-OH is 2. The first-order valence-electron chi connectivity index (χ1n) is 15.3. The fraction of sp³-hybridized carbons (Fsp3) is 0.441. The zero-order valence-corrected chi connectivity index (χ0v) is 26.3. The zero-order valence-electron chi connectivity index (χ0n) is 24.8. The minimum atomic E-state index is -2.16. The molecule has 1 saturated carbocycles. The van der Waals surface area contributed by atoms with Gasteiger partial charge < -0.3 is 14.9 Å². The van der Waals surface area contributed by atoms with E-state index in [9.17, 15) is 20.3 Å². The number of pyridine rings is 1. The second-order valence-corrected chi connectivity index (χ2v) is 13.2. The molecule has 3 heterocycles. The average molecular weight is 654 g/mol. The summed E-state index contributed by atoms with van der Waals surface area (Å²) in [5.41, 5.74) is -0.0490. The van der Waals surface area contributed by atoms with E-state index in [1.54, 1.807) is 36.4 Å². The summed E-state index contributed by atoms with van der Waals surface area (Å²) in [6.45, 7) is 1.01. The van der Waals surface area contributed by atoms with Crippen molar-refractivity contribution in [2.24, 2.45) is 5.41 Å². The first-order valence-corrected chi connectivity index (χ1v) is 16.1. The number of nitrogens with zero attached hydrogens (tertiary/aromatic N) is 4. The van der Waals surface area contributed by atoms with Crippen molar-refractivity contribution < 1.29 is 24.2 Å². The number of rotatable bonds is 11. The fourth-order valence-corrected chi connectivity index (χ4v) is 6.95. The highest BCUT2D eigenvalue weighted by molar-refractivity contribution is 6.30. The number of hydrogen-bond acceptors (Lipinski definition) is 7. The molecular formula is C34H35Cl2FN4O4. The van der Waals surface area contributed by atoms with Crippen LogP contribution in [0.3, 0.4) is 0 Å². The number of aromatic nitrogens is 1. The summed E-state index contributed by atoms with van der Waals surface area (Å²) in [5, 5.41) is 32.5. The number of benzene rings is 2. The average Bonchev–Trinajstić information content (AvgIpc) is 3.80.